The molecule has 0 fully saturated rings. The molecule has 198 valence electrons. The van der Waals surface area contributed by atoms with Crippen LogP contribution in [0.2, 0.25) is 5.02 Å². The van der Waals surface area contributed by atoms with E-state index < -0.39 is 6.09 Å². The summed E-state index contributed by atoms with van der Waals surface area (Å²) >= 11 is 6.34. The van der Waals surface area contributed by atoms with Crippen LogP contribution in [0.15, 0.2) is 60.9 Å². The number of carbonyl (C=O) groups is 2. The molecular weight excluding hydrogens is 510 g/mol. The maximum atomic E-state index is 12.4. The number of halogens is 1. The van der Waals surface area contributed by atoms with Gasteiger partial charge in [-0.2, -0.15) is 0 Å². The van der Waals surface area contributed by atoms with Crippen LogP contribution in [0.5, 0.6) is 11.5 Å². The van der Waals surface area contributed by atoms with E-state index in [1.54, 1.807) is 38.5 Å². The lowest BCUT2D eigenvalue weighted by molar-refractivity contribution is 0.0954. The number of carboxylic acid groups (broad SMARTS) is 1. The van der Waals surface area contributed by atoms with Crippen LogP contribution in [0.3, 0.4) is 0 Å². The van der Waals surface area contributed by atoms with Gasteiger partial charge in [-0.3, -0.25) is 4.79 Å². The van der Waals surface area contributed by atoms with Crippen LogP contribution < -0.4 is 25.4 Å². The smallest absolute Gasteiger partial charge is 0.404 e. The Balaban J connectivity index is 1.42. The van der Waals surface area contributed by atoms with Crippen LogP contribution in [-0.4, -0.2) is 66.9 Å². The van der Waals surface area contributed by atoms with E-state index >= 15 is 0 Å². The molecule has 38 heavy (non-hydrogen) atoms. The Hall–Kier alpha value is -4.28. The summed E-state index contributed by atoms with van der Waals surface area (Å²) in [6.45, 7) is 1.75. The number of fused-ring (bicyclic) bond motifs is 1. The largest absolute Gasteiger partial charge is 0.496 e. The van der Waals surface area contributed by atoms with Gasteiger partial charge in [0.1, 0.15) is 17.1 Å². The summed E-state index contributed by atoms with van der Waals surface area (Å²) < 4.78 is 12.7. The van der Waals surface area contributed by atoms with E-state index in [0.717, 1.165) is 22.3 Å². The van der Waals surface area contributed by atoms with Gasteiger partial charge in [-0.1, -0.05) is 23.7 Å². The van der Waals surface area contributed by atoms with E-state index in [0.29, 0.717) is 54.0 Å². The number of benzene rings is 2. The first-order valence-electron chi connectivity index (χ1n) is 11.9. The maximum Gasteiger partial charge on any atom is 0.404 e. The summed E-state index contributed by atoms with van der Waals surface area (Å²) in [7, 11) is 3.14. The SMILES string of the molecule is COc1cc(OC)c(-c2cn3ccc(-c4ccc(C(=O)NCCNCCNC(=O)O)cc4)cc3n2)cc1Cl. The predicted octanol–water partition coefficient (Wildman–Crippen LogP) is 3.93. The van der Waals surface area contributed by atoms with Crippen molar-refractivity contribution < 1.29 is 24.2 Å². The molecule has 0 saturated carbocycles. The fourth-order valence-electron chi connectivity index (χ4n) is 3.91. The van der Waals surface area contributed by atoms with Crippen LogP contribution in [0.4, 0.5) is 4.79 Å². The number of nitrogens with zero attached hydrogens (tertiary/aromatic N) is 2. The quantitative estimate of drug-likeness (QED) is 0.214. The van der Waals surface area contributed by atoms with Crippen molar-refractivity contribution in [3.05, 3.63) is 71.5 Å². The molecule has 0 aliphatic rings. The lowest BCUT2D eigenvalue weighted by atomic mass is 10.0. The highest BCUT2D eigenvalue weighted by Gasteiger charge is 2.15. The number of aromatic nitrogens is 2. The lowest BCUT2D eigenvalue weighted by Crippen LogP contribution is -2.36. The van der Waals surface area contributed by atoms with Crippen LogP contribution in [-0.2, 0) is 0 Å². The summed E-state index contributed by atoms with van der Waals surface area (Å²) in [6, 6.07) is 14.8. The average molecular weight is 538 g/mol. The van der Waals surface area contributed by atoms with E-state index in [9.17, 15) is 9.59 Å². The van der Waals surface area contributed by atoms with Crippen molar-refractivity contribution in [2.45, 2.75) is 0 Å². The van der Waals surface area contributed by atoms with Gasteiger partial charge in [0.25, 0.3) is 5.91 Å². The fraction of sp³-hybridized carbons (Fsp3) is 0.222. The van der Waals surface area contributed by atoms with E-state index in [1.807, 2.05) is 41.1 Å². The first-order chi connectivity index (χ1) is 18.4. The number of imidazole rings is 1. The van der Waals surface area contributed by atoms with Crippen molar-refractivity contribution >= 4 is 29.2 Å². The van der Waals surface area contributed by atoms with Crippen LogP contribution in [0.1, 0.15) is 10.4 Å². The van der Waals surface area contributed by atoms with Gasteiger partial charge >= 0.3 is 6.09 Å². The van der Waals surface area contributed by atoms with E-state index in [-0.39, 0.29) is 5.91 Å². The molecule has 4 N–H and O–H groups in total. The number of hydrogen-bond donors (Lipinski definition) is 4. The number of hydrogen-bond acceptors (Lipinski definition) is 6. The highest BCUT2D eigenvalue weighted by atomic mass is 35.5. The van der Waals surface area contributed by atoms with Crippen molar-refractivity contribution in [3.8, 4) is 33.9 Å². The zero-order valence-corrected chi connectivity index (χ0v) is 21.7. The Morgan fingerprint density at radius 3 is 2.32 bits per heavy atom. The number of ether oxygens (including phenoxy) is 2. The summed E-state index contributed by atoms with van der Waals surface area (Å²) in [5.74, 6) is 0.954. The molecule has 0 aliphatic carbocycles. The third-order valence-corrected chi connectivity index (χ3v) is 6.15. The molecule has 2 heterocycles. The zero-order valence-electron chi connectivity index (χ0n) is 21.0. The fourth-order valence-corrected chi connectivity index (χ4v) is 4.16. The second-order valence-electron chi connectivity index (χ2n) is 8.31. The topological polar surface area (TPSA) is 126 Å². The summed E-state index contributed by atoms with van der Waals surface area (Å²) in [6.07, 6.45) is 2.78. The third-order valence-electron chi connectivity index (χ3n) is 5.86. The van der Waals surface area contributed by atoms with Crippen LogP contribution in [0.25, 0.3) is 28.0 Å². The minimum Gasteiger partial charge on any atom is -0.496 e. The second-order valence-corrected chi connectivity index (χ2v) is 8.72. The molecule has 0 aliphatic heterocycles. The standard InChI is InChI=1S/C27H28ClN5O5/c1-37-23-15-24(38-2)21(28)14-20(23)22-16-33-12-7-19(13-25(33)32-22)17-3-5-18(6-4-17)26(34)30-10-8-29-9-11-31-27(35)36/h3-7,12-16,29,31H,8-11H2,1-2H3,(H,30,34)(H,35,36). The third kappa shape index (κ3) is 6.34. The molecule has 10 nitrogen and oxygen atoms in total. The van der Waals surface area contributed by atoms with Gasteiger partial charge in [-0.15, -0.1) is 0 Å². The molecule has 0 spiro atoms. The van der Waals surface area contributed by atoms with Gasteiger partial charge in [0.05, 0.1) is 24.9 Å². The Kier molecular flexibility index (Phi) is 8.67. The number of rotatable bonds is 11. The maximum absolute atomic E-state index is 12.4. The monoisotopic (exact) mass is 537 g/mol. The molecule has 2 aromatic carbocycles. The van der Waals surface area contributed by atoms with Gasteiger partial charge in [0.2, 0.25) is 0 Å². The van der Waals surface area contributed by atoms with Gasteiger partial charge in [-0.25, -0.2) is 9.78 Å². The number of amides is 2. The van der Waals surface area contributed by atoms with Crippen molar-refractivity contribution in [1.29, 1.82) is 0 Å². The number of carbonyl (C=O) groups excluding carboxylic acids is 1. The van der Waals surface area contributed by atoms with Crippen molar-refractivity contribution in [1.82, 2.24) is 25.3 Å². The molecule has 2 aromatic heterocycles. The molecule has 0 bridgehead atoms. The normalized spacial score (nSPS) is 10.8. The molecule has 0 atom stereocenters. The molecule has 2 amide bonds. The molecule has 0 unspecified atom stereocenters. The van der Waals surface area contributed by atoms with Crippen molar-refractivity contribution in [3.63, 3.8) is 0 Å². The van der Waals surface area contributed by atoms with Crippen LogP contribution >= 0.6 is 11.6 Å². The minimum absolute atomic E-state index is 0.178. The van der Waals surface area contributed by atoms with Crippen molar-refractivity contribution in [2.24, 2.45) is 0 Å². The minimum atomic E-state index is -1.06. The summed E-state index contributed by atoms with van der Waals surface area (Å²) in [4.78, 5) is 27.6. The Morgan fingerprint density at radius 1 is 0.921 bits per heavy atom. The Bertz CT molecular complexity index is 1440. The van der Waals surface area contributed by atoms with E-state index in [2.05, 4.69) is 16.0 Å². The predicted molar refractivity (Wildman–Crippen MR) is 145 cm³/mol. The summed E-state index contributed by atoms with van der Waals surface area (Å²) in [5.41, 5.74) is 4.68. The van der Waals surface area contributed by atoms with E-state index in [1.165, 1.54) is 0 Å². The molecular formula is C27H28ClN5O5. The Labute approximate surface area is 224 Å². The molecule has 4 aromatic rings. The second kappa shape index (κ2) is 12.3. The Morgan fingerprint density at radius 2 is 1.63 bits per heavy atom. The summed E-state index contributed by atoms with van der Waals surface area (Å²) in [5, 5.41) is 17.2. The van der Waals surface area contributed by atoms with Gasteiger partial charge in [-0.05, 0) is 41.5 Å². The molecule has 0 radical (unpaired) electrons. The number of methoxy groups -OCH3 is 2. The highest BCUT2D eigenvalue weighted by molar-refractivity contribution is 6.32. The first-order valence-corrected chi connectivity index (χ1v) is 12.2. The zero-order chi connectivity index (χ0) is 27.1. The first kappa shape index (κ1) is 26.8. The van der Waals surface area contributed by atoms with Gasteiger partial charge < -0.3 is 34.9 Å². The average Bonchev–Trinajstić information content (AvgIpc) is 3.35. The molecule has 0 saturated heterocycles. The van der Waals surface area contributed by atoms with Crippen molar-refractivity contribution in [2.75, 3.05) is 40.4 Å². The van der Waals surface area contributed by atoms with Gasteiger partial charge in [0.15, 0.2) is 0 Å². The lowest BCUT2D eigenvalue weighted by Gasteiger charge is -2.10. The number of nitrogens with one attached hydrogen (secondary N) is 3. The van der Waals surface area contributed by atoms with Crippen LogP contribution in [0, 0.1) is 0 Å². The highest BCUT2D eigenvalue weighted by Crippen LogP contribution is 2.38. The van der Waals surface area contributed by atoms with E-state index in [4.69, 9.17) is 31.2 Å². The molecule has 4 rings (SSSR count). The number of pyridine rings is 1. The molecule has 11 heteroatoms. The van der Waals surface area contributed by atoms with Gasteiger partial charge in [0, 0.05) is 55.8 Å².